The average Bonchev–Trinajstić information content (AvgIpc) is 2.46. The predicted octanol–water partition coefficient (Wildman–Crippen LogP) is 4.77. The smallest absolute Gasteiger partial charge is 0.376 e. The Hall–Kier alpha value is -2.07. The van der Waals surface area contributed by atoms with E-state index in [0.29, 0.717) is 5.56 Å². The van der Waals surface area contributed by atoms with Gasteiger partial charge in [0.15, 0.2) is 5.60 Å². The Balaban J connectivity index is 2.44. The second-order valence-electron chi connectivity index (χ2n) is 4.98. The summed E-state index contributed by atoms with van der Waals surface area (Å²) >= 11 is 0. The maximum Gasteiger partial charge on any atom is 0.421 e. The van der Waals surface area contributed by atoms with Gasteiger partial charge < -0.3 is 5.11 Å². The van der Waals surface area contributed by atoms with Gasteiger partial charge in [-0.15, -0.1) is 0 Å². The predicted molar refractivity (Wildman–Crippen MR) is 77.6 cm³/mol. The summed E-state index contributed by atoms with van der Waals surface area (Å²) in [5, 5.41) is 9.74. The number of hydrogen-bond donors (Lipinski definition) is 1. The number of benzene rings is 2. The molecule has 1 unspecified atom stereocenters. The molecule has 0 heterocycles. The number of rotatable bonds is 3. The number of hydrogen-bond acceptors (Lipinski definition) is 1. The van der Waals surface area contributed by atoms with Crippen LogP contribution in [0.5, 0.6) is 0 Å². The molecule has 1 atom stereocenters. The summed E-state index contributed by atoms with van der Waals surface area (Å²) in [7, 11) is 0. The number of aliphatic hydroxyl groups is 1. The van der Waals surface area contributed by atoms with Crippen LogP contribution < -0.4 is 0 Å². The highest BCUT2D eigenvalue weighted by atomic mass is 19.4. The van der Waals surface area contributed by atoms with E-state index < -0.39 is 11.8 Å². The van der Waals surface area contributed by atoms with Crippen LogP contribution in [0.4, 0.5) is 13.2 Å². The Morgan fingerprint density at radius 2 is 1.62 bits per heavy atom. The minimum absolute atomic E-state index is 0.180. The van der Waals surface area contributed by atoms with Crippen molar-refractivity contribution in [3.8, 4) is 11.1 Å². The van der Waals surface area contributed by atoms with E-state index in [9.17, 15) is 18.3 Å². The van der Waals surface area contributed by atoms with E-state index in [2.05, 4.69) is 6.58 Å². The van der Waals surface area contributed by atoms with Gasteiger partial charge in [-0.1, -0.05) is 55.1 Å². The molecule has 2 aromatic carbocycles. The SMILES string of the molecule is C=Cc1ccc(-c2cccc(C(C)(O)C(F)(F)F)c2)cc1. The molecule has 21 heavy (non-hydrogen) atoms. The highest BCUT2D eigenvalue weighted by Gasteiger charge is 2.51. The van der Waals surface area contributed by atoms with Crippen molar-refractivity contribution in [1.82, 2.24) is 0 Å². The molecule has 0 bridgehead atoms. The van der Waals surface area contributed by atoms with Crippen molar-refractivity contribution in [2.24, 2.45) is 0 Å². The van der Waals surface area contributed by atoms with Gasteiger partial charge in [0.2, 0.25) is 0 Å². The zero-order valence-electron chi connectivity index (χ0n) is 11.5. The fourth-order valence-electron chi connectivity index (χ4n) is 1.98. The van der Waals surface area contributed by atoms with E-state index in [-0.39, 0.29) is 5.56 Å². The van der Waals surface area contributed by atoms with Crippen LogP contribution in [-0.2, 0) is 5.60 Å². The Bertz CT molecular complexity index is 640. The van der Waals surface area contributed by atoms with Crippen LogP contribution in [0.25, 0.3) is 17.2 Å². The molecular formula is C17H15F3O. The maximum absolute atomic E-state index is 12.9. The molecule has 0 amide bonds. The molecule has 2 rings (SSSR count). The van der Waals surface area contributed by atoms with Gasteiger partial charge >= 0.3 is 6.18 Å². The summed E-state index contributed by atoms with van der Waals surface area (Å²) in [6, 6.07) is 13.1. The molecule has 0 saturated carbocycles. The van der Waals surface area contributed by atoms with Gasteiger partial charge in [-0.25, -0.2) is 0 Å². The highest BCUT2D eigenvalue weighted by Crippen LogP contribution is 2.39. The summed E-state index contributed by atoms with van der Waals surface area (Å²) in [6.07, 6.45) is -3.03. The van der Waals surface area contributed by atoms with Crippen molar-refractivity contribution in [2.75, 3.05) is 0 Å². The van der Waals surface area contributed by atoms with E-state index in [4.69, 9.17) is 0 Å². The molecule has 0 radical (unpaired) electrons. The summed E-state index contributed by atoms with van der Waals surface area (Å²) in [4.78, 5) is 0. The minimum atomic E-state index is -4.72. The van der Waals surface area contributed by atoms with Crippen LogP contribution in [0.2, 0.25) is 0 Å². The summed E-state index contributed by atoms with van der Waals surface area (Å²) < 4.78 is 38.7. The second kappa shape index (κ2) is 5.37. The molecule has 0 aliphatic carbocycles. The van der Waals surface area contributed by atoms with Gasteiger partial charge in [0.05, 0.1) is 0 Å². The Labute approximate surface area is 121 Å². The zero-order chi connectivity index (χ0) is 15.7. The summed E-state index contributed by atoms with van der Waals surface area (Å²) in [6.45, 7) is 4.41. The van der Waals surface area contributed by atoms with Crippen molar-refractivity contribution in [2.45, 2.75) is 18.7 Å². The Morgan fingerprint density at radius 1 is 1.00 bits per heavy atom. The Morgan fingerprint density at radius 3 is 2.14 bits per heavy atom. The third-order valence-electron chi connectivity index (χ3n) is 3.46. The molecule has 4 heteroatoms. The van der Waals surface area contributed by atoms with E-state index in [1.807, 2.05) is 12.1 Å². The lowest BCUT2D eigenvalue weighted by Gasteiger charge is -2.27. The lowest BCUT2D eigenvalue weighted by atomic mass is 9.92. The Kier molecular flexibility index (Phi) is 3.92. The molecular weight excluding hydrogens is 277 g/mol. The van der Waals surface area contributed by atoms with Gasteiger partial charge in [0.1, 0.15) is 0 Å². The normalized spacial score (nSPS) is 14.5. The van der Waals surface area contributed by atoms with E-state index >= 15 is 0 Å². The van der Waals surface area contributed by atoms with Crippen LogP contribution in [0.3, 0.4) is 0 Å². The molecule has 110 valence electrons. The van der Waals surface area contributed by atoms with Crippen molar-refractivity contribution < 1.29 is 18.3 Å². The van der Waals surface area contributed by atoms with E-state index in [1.54, 1.807) is 24.3 Å². The van der Waals surface area contributed by atoms with Crippen LogP contribution in [-0.4, -0.2) is 11.3 Å². The molecule has 0 aliphatic rings. The van der Waals surface area contributed by atoms with Crippen molar-refractivity contribution >= 4 is 6.08 Å². The number of alkyl halides is 3. The summed E-state index contributed by atoms with van der Waals surface area (Å²) in [5.74, 6) is 0. The topological polar surface area (TPSA) is 20.2 Å². The van der Waals surface area contributed by atoms with Crippen molar-refractivity contribution in [1.29, 1.82) is 0 Å². The monoisotopic (exact) mass is 292 g/mol. The lowest BCUT2D eigenvalue weighted by Crippen LogP contribution is -2.39. The largest absolute Gasteiger partial charge is 0.421 e. The van der Waals surface area contributed by atoms with Crippen LogP contribution in [0.1, 0.15) is 18.1 Å². The standard InChI is InChI=1S/C17H15F3O/c1-3-12-7-9-13(10-8-12)14-5-4-6-15(11-14)16(2,21)17(18,19)20/h3-11,21H,1H2,2H3. The first-order valence-corrected chi connectivity index (χ1v) is 6.38. The van der Waals surface area contributed by atoms with Gasteiger partial charge in [-0.05, 0) is 35.2 Å². The van der Waals surface area contributed by atoms with Crippen LogP contribution >= 0.6 is 0 Å². The first kappa shape index (κ1) is 15.3. The quantitative estimate of drug-likeness (QED) is 0.864. The number of halogens is 3. The third kappa shape index (κ3) is 3.00. The molecule has 1 nitrogen and oxygen atoms in total. The zero-order valence-corrected chi connectivity index (χ0v) is 11.5. The molecule has 0 spiro atoms. The van der Waals surface area contributed by atoms with Crippen LogP contribution in [0, 0.1) is 0 Å². The van der Waals surface area contributed by atoms with Gasteiger partial charge in [-0.3, -0.25) is 0 Å². The first-order valence-electron chi connectivity index (χ1n) is 6.38. The summed E-state index contributed by atoms with van der Waals surface area (Å²) in [5.41, 5.74) is -0.727. The maximum atomic E-state index is 12.9. The van der Waals surface area contributed by atoms with Crippen molar-refractivity contribution in [3.63, 3.8) is 0 Å². The lowest BCUT2D eigenvalue weighted by molar-refractivity contribution is -0.258. The molecule has 0 aromatic heterocycles. The molecule has 0 aliphatic heterocycles. The fraction of sp³-hybridized carbons (Fsp3) is 0.176. The van der Waals surface area contributed by atoms with Crippen LogP contribution in [0.15, 0.2) is 55.1 Å². The van der Waals surface area contributed by atoms with E-state index in [0.717, 1.165) is 18.1 Å². The molecule has 1 N–H and O–H groups in total. The van der Waals surface area contributed by atoms with Gasteiger partial charge in [0.25, 0.3) is 0 Å². The third-order valence-corrected chi connectivity index (χ3v) is 3.46. The average molecular weight is 292 g/mol. The van der Waals surface area contributed by atoms with E-state index in [1.165, 1.54) is 18.2 Å². The minimum Gasteiger partial charge on any atom is -0.376 e. The van der Waals surface area contributed by atoms with Gasteiger partial charge in [0, 0.05) is 0 Å². The second-order valence-corrected chi connectivity index (χ2v) is 4.98. The first-order chi connectivity index (χ1) is 9.75. The highest BCUT2D eigenvalue weighted by molar-refractivity contribution is 5.66. The molecule has 0 saturated heterocycles. The molecule has 0 fully saturated rings. The molecule has 2 aromatic rings. The van der Waals surface area contributed by atoms with Crippen molar-refractivity contribution in [3.05, 3.63) is 66.2 Å². The fourth-order valence-corrected chi connectivity index (χ4v) is 1.98. The van der Waals surface area contributed by atoms with Gasteiger partial charge in [-0.2, -0.15) is 13.2 Å².